The summed E-state index contributed by atoms with van der Waals surface area (Å²) < 4.78 is 4.42. The molecule has 2 aromatic heterocycles. The number of nitrogens with one attached hydrogen (secondary N) is 1. The summed E-state index contributed by atoms with van der Waals surface area (Å²) in [7, 11) is 0. The molecule has 112 valence electrons. The van der Waals surface area contributed by atoms with Crippen LogP contribution in [0.3, 0.4) is 0 Å². The van der Waals surface area contributed by atoms with Crippen molar-refractivity contribution in [2.24, 2.45) is 0 Å². The van der Waals surface area contributed by atoms with Crippen LogP contribution in [0.2, 0.25) is 0 Å². The summed E-state index contributed by atoms with van der Waals surface area (Å²) in [5.41, 5.74) is 6.33. The molecule has 0 saturated heterocycles. The number of aromatic nitrogens is 4. The van der Waals surface area contributed by atoms with Crippen LogP contribution in [-0.4, -0.2) is 31.9 Å². The monoisotopic (exact) mass is 316 g/mol. The summed E-state index contributed by atoms with van der Waals surface area (Å²) in [4.78, 5) is 20.7. The van der Waals surface area contributed by atoms with E-state index in [0.717, 1.165) is 15.9 Å². The van der Waals surface area contributed by atoms with Crippen molar-refractivity contribution < 1.29 is 9.42 Å². The van der Waals surface area contributed by atoms with Crippen molar-refractivity contribution in [2.75, 3.05) is 16.8 Å². The lowest BCUT2D eigenvalue weighted by Crippen LogP contribution is -2.15. The maximum Gasteiger partial charge on any atom is 0.236 e. The van der Waals surface area contributed by atoms with Crippen molar-refractivity contribution in [2.45, 2.75) is 11.9 Å². The Morgan fingerprint density at radius 2 is 2.14 bits per heavy atom. The highest BCUT2D eigenvalue weighted by atomic mass is 32.2. The van der Waals surface area contributed by atoms with E-state index in [4.69, 9.17) is 5.73 Å². The molecule has 3 aromatic rings. The van der Waals surface area contributed by atoms with Crippen LogP contribution in [0.5, 0.6) is 0 Å². The number of carbonyl (C=O) groups excluding carboxylic acids is 1. The van der Waals surface area contributed by atoms with Gasteiger partial charge in [-0.2, -0.15) is 0 Å². The van der Waals surface area contributed by atoms with Gasteiger partial charge in [0.15, 0.2) is 0 Å². The van der Waals surface area contributed by atoms with E-state index in [1.807, 2.05) is 31.2 Å². The number of hydrogen-bond donors (Lipinski definition) is 2. The minimum atomic E-state index is -0.271. The van der Waals surface area contributed by atoms with Crippen LogP contribution in [-0.2, 0) is 4.79 Å². The summed E-state index contributed by atoms with van der Waals surface area (Å²) in [6.07, 6.45) is 0. The second-order valence-electron chi connectivity index (χ2n) is 4.43. The largest absolute Gasteiger partial charge is 0.378 e. The number of anilines is 2. The van der Waals surface area contributed by atoms with Crippen LogP contribution in [0, 0.1) is 6.92 Å². The first-order chi connectivity index (χ1) is 10.6. The molecule has 0 unspecified atom stereocenters. The number of nitrogens with two attached hydrogens (primary N) is 1. The minimum Gasteiger partial charge on any atom is -0.378 e. The first-order valence-corrected chi connectivity index (χ1v) is 7.36. The molecule has 2 heterocycles. The van der Waals surface area contributed by atoms with Gasteiger partial charge in [-0.1, -0.05) is 30.0 Å². The van der Waals surface area contributed by atoms with Gasteiger partial charge < -0.3 is 11.1 Å². The van der Waals surface area contributed by atoms with Crippen molar-refractivity contribution in [1.82, 2.24) is 20.3 Å². The smallest absolute Gasteiger partial charge is 0.236 e. The molecule has 0 saturated carbocycles. The van der Waals surface area contributed by atoms with E-state index in [2.05, 4.69) is 30.2 Å². The molecule has 1 aromatic carbocycles. The molecule has 22 heavy (non-hydrogen) atoms. The Kier molecular flexibility index (Phi) is 3.88. The van der Waals surface area contributed by atoms with Crippen LogP contribution in [0.4, 0.5) is 11.6 Å². The third kappa shape index (κ3) is 2.98. The first kappa shape index (κ1) is 14.3. The Morgan fingerprint density at radius 3 is 2.91 bits per heavy atom. The van der Waals surface area contributed by atoms with Gasteiger partial charge in [0.1, 0.15) is 10.9 Å². The van der Waals surface area contributed by atoms with E-state index in [-0.39, 0.29) is 23.3 Å². The van der Waals surface area contributed by atoms with Gasteiger partial charge in [0.2, 0.25) is 17.5 Å². The number of amides is 1. The molecule has 0 bridgehead atoms. The van der Waals surface area contributed by atoms with Gasteiger partial charge in [-0.3, -0.25) is 4.79 Å². The molecular formula is C13H12N6O2S. The Bertz CT molecular complexity index is 834. The number of benzene rings is 1. The van der Waals surface area contributed by atoms with Crippen LogP contribution < -0.4 is 11.1 Å². The second-order valence-corrected chi connectivity index (χ2v) is 5.39. The van der Waals surface area contributed by atoms with E-state index in [0.29, 0.717) is 5.82 Å². The number of rotatable bonds is 4. The van der Waals surface area contributed by atoms with E-state index >= 15 is 0 Å². The Morgan fingerprint density at radius 1 is 1.32 bits per heavy atom. The average molecular weight is 316 g/mol. The number of para-hydroxylation sites is 1. The van der Waals surface area contributed by atoms with Crippen molar-refractivity contribution in [3.63, 3.8) is 0 Å². The third-order valence-corrected chi connectivity index (χ3v) is 3.78. The zero-order valence-electron chi connectivity index (χ0n) is 11.6. The topological polar surface area (TPSA) is 120 Å². The standard InChI is InChI=1S/C13H12N6O2S/c1-7-15-9-5-3-2-4-8(9)13(16-7)22-6-10(20)17-12-11(14)18-21-19-12/h2-5H,6H2,1H3,(H2,14,18)(H,17,19,20). The molecule has 0 fully saturated rings. The highest BCUT2D eigenvalue weighted by Gasteiger charge is 2.12. The van der Waals surface area contributed by atoms with Gasteiger partial charge in [0.25, 0.3) is 0 Å². The minimum absolute atomic E-state index is 0.0432. The number of nitrogens with zero attached hydrogens (tertiary/aromatic N) is 4. The summed E-state index contributed by atoms with van der Waals surface area (Å²) in [5.74, 6) is 0.711. The van der Waals surface area contributed by atoms with Gasteiger partial charge in [-0.15, -0.1) is 0 Å². The molecule has 0 atom stereocenters. The molecular weight excluding hydrogens is 304 g/mol. The molecule has 1 amide bonds. The first-order valence-electron chi connectivity index (χ1n) is 6.37. The third-order valence-electron chi connectivity index (χ3n) is 2.79. The number of fused-ring (bicyclic) bond motifs is 1. The quantitative estimate of drug-likeness (QED) is 0.550. The van der Waals surface area contributed by atoms with Crippen LogP contribution in [0.15, 0.2) is 33.9 Å². The van der Waals surface area contributed by atoms with E-state index in [9.17, 15) is 4.79 Å². The molecule has 3 rings (SSSR count). The second kappa shape index (κ2) is 5.98. The van der Waals surface area contributed by atoms with E-state index in [1.165, 1.54) is 11.8 Å². The summed E-state index contributed by atoms with van der Waals surface area (Å²) >= 11 is 1.32. The summed E-state index contributed by atoms with van der Waals surface area (Å²) in [6.45, 7) is 1.82. The van der Waals surface area contributed by atoms with Crippen LogP contribution in [0.25, 0.3) is 10.9 Å². The van der Waals surface area contributed by atoms with Crippen LogP contribution >= 0.6 is 11.8 Å². The Labute approximate surface area is 129 Å². The predicted molar refractivity (Wildman–Crippen MR) is 82.3 cm³/mol. The fourth-order valence-corrected chi connectivity index (χ4v) is 2.72. The summed E-state index contributed by atoms with van der Waals surface area (Å²) in [6, 6.07) is 7.66. The number of hydrogen-bond acceptors (Lipinski definition) is 8. The molecule has 0 aliphatic carbocycles. The van der Waals surface area contributed by atoms with Gasteiger partial charge in [0.05, 0.1) is 11.3 Å². The molecule has 8 nitrogen and oxygen atoms in total. The fourth-order valence-electron chi connectivity index (χ4n) is 1.85. The van der Waals surface area contributed by atoms with Crippen molar-refractivity contribution >= 4 is 40.2 Å². The average Bonchev–Trinajstić information content (AvgIpc) is 2.90. The lowest BCUT2D eigenvalue weighted by molar-refractivity contribution is -0.113. The highest BCUT2D eigenvalue weighted by Crippen LogP contribution is 2.25. The normalized spacial score (nSPS) is 10.8. The Hall–Kier alpha value is -2.68. The molecule has 0 aliphatic rings. The highest BCUT2D eigenvalue weighted by molar-refractivity contribution is 8.00. The van der Waals surface area contributed by atoms with Gasteiger partial charge in [-0.25, -0.2) is 14.6 Å². The predicted octanol–water partition coefficient (Wildman–Crippen LogP) is 1.63. The van der Waals surface area contributed by atoms with Crippen LogP contribution in [0.1, 0.15) is 5.82 Å². The number of thioether (sulfide) groups is 1. The molecule has 0 spiro atoms. The van der Waals surface area contributed by atoms with Gasteiger partial charge in [-0.05, 0) is 23.3 Å². The summed E-state index contributed by atoms with van der Waals surface area (Å²) in [5, 5.41) is 11.1. The van der Waals surface area contributed by atoms with E-state index < -0.39 is 0 Å². The molecule has 0 radical (unpaired) electrons. The maximum absolute atomic E-state index is 11.9. The SMILES string of the molecule is Cc1nc(SCC(=O)Nc2nonc2N)c2ccccc2n1. The zero-order valence-corrected chi connectivity index (χ0v) is 12.4. The molecule has 9 heteroatoms. The Balaban J connectivity index is 1.74. The van der Waals surface area contributed by atoms with E-state index in [1.54, 1.807) is 0 Å². The fraction of sp³-hybridized carbons (Fsp3) is 0.154. The molecule has 3 N–H and O–H groups in total. The van der Waals surface area contributed by atoms with Crippen molar-refractivity contribution in [1.29, 1.82) is 0 Å². The number of nitrogen functional groups attached to an aromatic ring is 1. The van der Waals surface area contributed by atoms with Crippen molar-refractivity contribution in [3.8, 4) is 0 Å². The number of carbonyl (C=O) groups is 1. The van der Waals surface area contributed by atoms with Crippen molar-refractivity contribution in [3.05, 3.63) is 30.1 Å². The van der Waals surface area contributed by atoms with Gasteiger partial charge >= 0.3 is 0 Å². The maximum atomic E-state index is 11.9. The van der Waals surface area contributed by atoms with Gasteiger partial charge in [0, 0.05) is 5.39 Å². The lowest BCUT2D eigenvalue weighted by atomic mass is 10.2. The molecule has 0 aliphatic heterocycles. The zero-order chi connectivity index (χ0) is 15.5. The lowest BCUT2D eigenvalue weighted by Gasteiger charge is -2.06. The number of aryl methyl sites for hydroxylation is 1.